The number of furan rings is 1. The molecule has 1 aromatic rings. The van der Waals surface area contributed by atoms with Gasteiger partial charge in [0.05, 0.1) is 11.8 Å². The van der Waals surface area contributed by atoms with E-state index in [9.17, 15) is 4.79 Å². The van der Waals surface area contributed by atoms with Crippen LogP contribution in [0.2, 0.25) is 0 Å². The van der Waals surface area contributed by atoms with Crippen LogP contribution in [0.5, 0.6) is 0 Å². The SMILES string of the molecule is CC[C@H](C)NC(=O)c1ccoc1C. The van der Waals surface area contributed by atoms with Crippen LogP contribution in [-0.2, 0) is 0 Å². The third kappa shape index (κ3) is 2.34. The van der Waals surface area contributed by atoms with E-state index in [2.05, 4.69) is 5.32 Å². The fraction of sp³-hybridized carbons (Fsp3) is 0.500. The summed E-state index contributed by atoms with van der Waals surface area (Å²) in [7, 11) is 0. The van der Waals surface area contributed by atoms with Crippen molar-refractivity contribution in [2.45, 2.75) is 33.2 Å². The topological polar surface area (TPSA) is 42.2 Å². The number of carbonyl (C=O) groups is 1. The van der Waals surface area contributed by atoms with Crippen LogP contribution in [0.1, 0.15) is 36.4 Å². The Morgan fingerprint density at radius 3 is 2.85 bits per heavy atom. The summed E-state index contributed by atoms with van der Waals surface area (Å²) in [6, 6.07) is 1.90. The molecule has 0 unspecified atom stereocenters. The molecule has 0 bridgehead atoms. The molecular formula is C10H15NO2. The van der Waals surface area contributed by atoms with Gasteiger partial charge in [0.2, 0.25) is 0 Å². The Kier molecular flexibility index (Phi) is 3.12. The van der Waals surface area contributed by atoms with Gasteiger partial charge in [-0.15, -0.1) is 0 Å². The lowest BCUT2D eigenvalue weighted by Crippen LogP contribution is -2.31. The Balaban J connectivity index is 2.64. The van der Waals surface area contributed by atoms with Crippen molar-refractivity contribution in [3.63, 3.8) is 0 Å². The third-order valence-electron chi connectivity index (χ3n) is 2.09. The molecule has 0 aliphatic carbocycles. The highest BCUT2D eigenvalue weighted by atomic mass is 16.3. The summed E-state index contributed by atoms with van der Waals surface area (Å²) >= 11 is 0. The van der Waals surface area contributed by atoms with Crippen LogP contribution in [0.15, 0.2) is 16.7 Å². The molecule has 0 spiro atoms. The Hall–Kier alpha value is -1.25. The van der Waals surface area contributed by atoms with Gasteiger partial charge in [0, 0.05) is 6.04 Å². The van der Waals surface area contributed by atoms with Crippen molar-refractivity contribution in [2.24, 2.45) is 0 Å². The Bertz CT molecular complexity index is 291. The van der Waals surface area contributed by atoms with Gasteiger partial charge in [0.25, 0.3) is 5.91 Å². The molecule has 0 saturated heterocycles. The van der Waals surface area contributed by atoms with Gasteiger partial charge in [0.1, 0.15) is 5.76 Å². The second-order valence-electron chi connectivity index (χ2n) is 3.17. The quantitative estimate of drug-likeness (QED) is 0.776. The van der Waals surface area contributed by atoms with E-state index in [1.807, 2.05) is 13.8 Å². The van der Waals surface area contributed by atoms with E-state index in [0.29, 0.717) is 11.3 Å². The van der Waals surface area contributed by atoms with E-state index in [4.69, 9.17) is 4.42 Å². The normalized spacial score (nSPS) is 12.5. The molecule has 0 aliphatic rings. The Morgan fingerprint density at radius 2 is 2.38 bits per heavy atom. The molecule has 13 heavy (non-hydrogen) atoms. The minimum absolute atomic E-state index is 0.0550. The molecule has 0 fully saturated rings. The van der Waals surface area contributed by atoms with Gasteiger partial charge >= 0.3 is 0 Å². The molecule has 0 saturated carbocycles. The average Bonchev–Trinajstić information content (AvgIpc) is 2.51. The predicted octanol–water partition coefficient (Wildman–Crippen LogP) is 2.12. The van der Waals surface area contributed by atoms with Gasteiger partial charge in [0.15, 0.2) is 0 Å². The number of rotatable bonds is 3. The molecule has 0 aromatic carbocycles. The molecule has 1 aromatic heterocycles. The molecule has 1 N–H and O–H groups in total. The third-order valence-corrected chi connectivity index (χ3v) is 2.09. The highest BCUT2D eigenvalue weighted by molar-refractivity contribution is 5.95. The molecular weight excluding hydrogens is 166 g/mol. The van der Waals surface area contributed by atoms with E-state index in [0.717, 1.165) is 6.42 Å². The van der Waals surface area contributed by atoms with Crippen molar-refractivity contribution < 1.29 is 9.21 Å². The van der Waals surface area contributed by atoms with Crippen molar-refractivity contribution in [3.05, 3.63) is 23.7 Å². The first kappa shape index (κ1) is 9.84. The van der Waals surface area contributed by atoms with E-state index in [1.54, 1.807) is 13.0 Å². The van der Waals surface area contributed by atoms with Gasteiger partial charge in [-0.25, -0.2) is 0 Å². The van der Waals surface area contributed by atoms with Gasteiger partial charge < -0.3 is 9.73 Å². The first-order valence-corrected chi connectivity index (χ1v) is 4.50. The first-order chi connectivity index (χ1) is 6.15. The maximum absolute atomic E-state index is 11.5. The first-order valence-electron chi connectivity index (χ1n) is 4.50. The van der Waals surface area contributed by atoms with Crippen molar-refractivity contribution >= 4 is 5.91 Å². The summed E-state index contributed by atoms with van der Waals surface area (Å²) in [6.45, 7) is 5.80. The Labute approximate surface area is 78.1 Å². The van der Waals surface area contributed by atoms with Crippen LogP contribution in [0, 0.1) is 6.92 Å². The summed E-state index contributed by atoms with van der Waals surface area (Å²) < 4.78 is 5.04. The average molecular weight is 181 g/mol. The van der Waals surface area contributed by atoms with E-state index >= 15 is 0 Å². The van der Waals surface area contributed by atoms with Crippen LogP contribution in [-0.4, -0.2) is 11.9 Å². The van der Waals surface area contributed by atoms with Gasteiger partial charge in [-0.3, -0.25) is 4.79 Å². The highest BCUT2D eigenvalue weighted by Crippen LogP contribution is 2.08. The van der Waals surface area contributed by atoms with Crippen molar-refractivity contribution in [1.82, 2.24) is 5.32 Å². The number of carbonyl (C=O) groups excluding carboxylic acids is 1. The zero-order valence-corrected chi connectivity index (χ0v) is 8.26. The van der Waals surface area contributed by atoms with Crippen molar-refractivity contribution in [2.75, 3.05) is 0 Å². The van der Waals surface area contributed by atoms with Gasteiger partial charge in [-0.05, 0) is 26.3 Å². The number of hydrogen-bond donors (Lipinski definition) is 1. The molecule has 72 valence electrons. The summed E-state index contributed by atoms with van der Waals surface area (Å²) in [4.78, 5) is 11.5. The van der Waals surface area contributed by atoms with Crippen LogP contribution >= 0.6 is 0 Å². The molecule has 3 nitrogen and oxygen atoms in total. The number of amides is 1. The lowest BCUT2D eigenvalue weighted by atomic mass is 10.2. The second-order valence-corrected chi connectivity index (χ2v) is 3.17. The summed E-state index contributed by atoms with van der Waals surface area (Å²) in [5, 5.41) is 2.87. The zero-order chi connectivity index (χ0) is 9.84. The Morgan fingerprint density at radius 1 is 1.69 bits per heavy atom. The second kappa shape index (κ2) is 4.12. The van der Waals surface area contributed by atoms with Gasteiger partial charge in [-0.1, -0.05) is 6.92 Å². The molecule has 1 amide bonds. The summed E-state index contributed by atoms with van der Waals surface area (Å²) in [6.07, 6.45) is 2.46. The maximum Gasteiger partial charge on any atom is 0.255 e. The zero-order valence-electron chi connectivity index (χ0n) is 8.26. The lowest BCUT2D eigenvalue weighted by Gasteiger charge is -2.10. The number of nitrogens with one attached hydrogen (secondary N) is 1. The lowest BCUT2D eigenvalue weighted by molar-refractivity contribution is 0.0938. The standard InChI is InChI=1S/C10H15NO2/c1-4-7(2)11-10(12)9-5-6-13-8(9)3/h5-7H,4H2,1-3H3,(H,11,12)/t7-/m0/s1. The van der Waals surface area contributed by atoms with E-state index < -0.39 is 0 Å². The van der Waals surface area contributed by atoms with E-state index in [1.165, 1.54) is 6.26 Å². The minimum atomic E-state index is -0.0550. The van der Waals surface area contributed by atoms with Crippen LogP contribution in [0.4, 0.5) is 0 Å². The maximum atomic E-state index is 11.5. The molecule has 1 rings (SSSR count). The number of aryl methyl sites for hydroxylation is 1. The minimum Gasteiger partial charge on any atom is -0.469 e. The highest BCUT2D eigenvalue weighted by Gasteiger charge is 2.12. The summed E-state index contributed by atoms with van der Waals surface area (Å²) in [5.74, 6) is 0.612. The fourth-order valence-corrected chi connectivity index (χ4v) is 1.02. The van der Waals surface area contributed by atoms with E-state index in [-0.39, 0.29) is 11.9 Å². The van der Waals surface area contributed by atoms with Crippen LogP contribution in [0.3, 0.4) is 0 Å². The molecule has 1 atom stereocenters. The largest absolute Gasteiger partial charge is 0.469 e. The van der Waals surface area contributed by atoms with Crippen LogP contribution < -0.4 is 5.32 Å². The fourth-order valence-electron chi connectivity index (χ4n) is 1.02. The molecule has 1 heterocycles. The van der Waals surface area contributed by atoms with Crippen LogP contribution in [0.25, 0.3) is 0 Å². The van der Waals surface area contributed by atoms with Crippen molar-refractivity contribution in [1.29, 1.82) is 0 Å². The molecule has 0 radical (unpaired) electrons. The molecule has 3 heteroatoms. The van der Waals surface area contributed by atoms with Gasteiger partial charge in [-0.2, -0.15) is 0 Å². The smallest absolute Gasteiger partial charge is 0.255 e. The molecule has 0 aliphatic heterocycles. The predicted molar refractivity (Wildman–Crippen MR) is 50.7 cm³/mol. The summed E-state index contributed by atoms with van der Waals surface area (Å²) in [5.41, 5.74) is 0.625. The van der Waals surface area contributed by atoms with Crippen molar-refractivity contribution in [3.8, 4) is 0 Å². The monoisotopic (exact) mass is 181 g/mol. The number of hydrogen-bond acceptors (Lipinski definition) is 2.